The van der Waals surface area contributed by atoms with E-state index in [1.165, 1.54) is 51.6 Å². The molecule has 2 aromatic heterocycles. The van der Waals surface area contributed by atoms with Crippen LogP contribution in [0.1, 0.15) is 83.8 Å². The van der Waals surface area contributed by atoms with Crippen LogP contribution in [0.15, 0.2) is 227 Å². The van der Waals surface area contributed by atoms with Crippen LogP contribution in [0.5, 0.6) is 23.0 Å². The number of carbonyl (C=O) groups is 4. The van der Waals surface area contributed by atoms with Crippen molar-refractivity contribution in [1.29, 1.82) is 0 Å². The van der Waals surface area contributed by atoms with E-state index in [4.69, 9.17) is 25.4 Å². The third-order valence-electron chi connectivity index (χ3n) is 16.4. The minimum Gasteiger partial charge on any atom is -0.489 e. The van der Waals surface area contributed by atoms with Crippen LogP contribution < -0.4 is 28.7 Å². The van der Waals surface area contributed by atoms with E-state index in [0.717, 1.165) is 75.4 Å². The summed E-state index contributed by atoms with van der Waals surface area (Å²) < 4.78 is 157. The van der Waals surface area contributed by atoms with Gasteiger partial charge in [-0.3, -0.25) is 28.3 Å². The Morgan fingerprint density at radius 2 is 0.860 bits per heavy atom. The first-order valence-electron chi connectivity index (χ1n) is 32.8. The lowest BCUT2D eigenvalue weighted by Gasteiger charge is -2.16. The number of hydrogen-bond donors (Lipinski definition) is 0. The number of ether oxygens (including phenoxy) is 4. The molecule has 2 aliphatic heterocycles. The SMILES string of the molecule is C.C#Cc1cc(COc2cccc3c2CCN3C(=O)C=C)cc(C(F)(F)F)c1.C=CC(=O)N1CCc2c(OCc3cc(C#C[Si](C)(C)C)cc(C(F)(F)F)c3)cccc21.C=CC(=O)n1ccc2c(OCc3cc(C)cc(C(F)(F)F)c3)cccc21.C=CC(=O)n1ccc2c(OCc3cccc(F)c3)cccc21. The Kier molecular flexibility index (Phi) is 26.1. The van der Waals surface area contributed by atoms with Gasteiger partial charge in [0.1, 0.15) is 63.3 Å². The van der Waals surface area contributed by atoms with Gasteiger partial charge in [-0.15, -0.1) is 12.0 Å². The number of fused-ring (bicyclic) bond motifs is 4. The van der Waals surface area contributed by atoms with Crippen LogP contribution in [0.25, 0.3) is 21.8 Å². The number of nitrogens with zero attached hydrogens (tertiary/aromatic N) is 4. The third kappa shape index (κ3) is 20.7. The maximum atomic E-state index is 13.4. The molecule has 0 saturated heterocycles. The number of halogens is 10. The van der Waals surface area contributed by atoms with Gasteiger partial charge < -0.3 is 28.7 Å². The number of aryl methyl sites for hydroxylation is 1. The number of amides is 2. The molecule has 0 atom stereocenters. The van der Waals surface area contributed by atoms with Crippen LogP contribution in [0.4, 0.5) is 55.3 Å². The highest BCUT2D eigenvalue weighted by Gasteiger charge is 2.34. The average Bonchev–Trinajstić information content (AvgIpc) is 1.66. The van der Waals surface area contributed by atoms with E-state index in [1.807, 2.05) is 50.0 Å². The summed E-state index contributed by atoms with van der Waals surface area (Å²) in [6.07, 6.45) is 1.39. The van der Waals surface area contributed by atoms with Gasteiger partial charge >= 0.3 is 18.5 Å². The van der Waals surface area contributed by atoms with Crippen molar-refractivity contribution in [3.8, 4) is 46.8 Å². The van der Waals surface area contributed by atoms with Crippen LogP contribution in [0, 0.1) is 36.5 Å². The number of rotatable bonds is 16. The van der Waals surface area contributed by atoms with Crippen molar-refractivity contribution in [2.24, 2.45) is 0 Å². The molecule has 0 unspecified atom stereocenters. The zero-order valence-electron chi connectivity index (χ0n) is 57.9. The fraction of sp³-hybridized carbons (Fsp3) is 0.190. The van der Waals surface area contributed by atoms with Gasteiger partial charge in [-0.2, -0.15) is 39.5 Å². The standard InChI is InChI=1S/C24H24F3NO2Si.C21H16F3NO2.C20H16F3NO2.C18H14FNO2.CH4/c1-5-23(29)28-11-9-20-21(28)7-6-8-22(20)30-16-18-13-17(10-12-31(2,3)4)14-19(15-18)24(25,26)27;1-3-14-10-15(12-16(11-14)21(22,23)24)13-27-19-7-5-6-18-17(19)8-9-25(18)20(26)4-2;1-3-19(25)24-8-7-16-17(24)5-4-6-18(16)26-12-14-9-13(2)10-15(11-14)20(21,22)23;1-2-18(21)20-10-9-15-16(20)7-4-8-17(15)22-12-13-5-3-6-14(19)11-13;/h5-8,13-15H,1,9,11,16H2,2-4H3;1,4-7,10-12H,2,8-9,13H2;3-11H,1,12H2,2H3;2-11H,1,12H2;1H4. The number of terminal acetylenes is 1. The van der Waals surface area contributed by atoms with Gasteiger partial charge in [0.25, 0.3) is 11.8 Å². The summed E-state index contributed by atoms with van der Waals surface area (Å²) in [5, 5.41) is 1.53. The molecule has 4 heterocycles. The summed E-state index contributed by atoms with van der Waals surface area (Å²) in [5.41, 5.74) is 8.32. The molecule has 552 valence electrons. The lowest BCUT2D eigenvalue weighted by Crippen LogP contribution is -2.26. The topological polar surface area (TPSA) is 122 Å². The summed E-state index contributed by atoms with van der Waals surface area (Å²) >= 11 is 0. The molecule has 2 amide bonds. The van der Waals surface area contributed by atoms with E-state index in [9.17, 15) is 63.1 Å². The number of anilines is 2. The average molecular weight is 1490 g/mol. The predicted molar refractivity (Wildman–Crippen MR) is 399 cm³/mol. The molecule has 12 rings (SSSR count). The first-order valence-corrected chi connectivity index (χ1v) is 36.3. The van der Waals surface area contributed by atoms with Gasteiger partial charge in [0.15, 0.2) is 0 Å². The number of carbonyl (C=O) groups excluding carboxylic acids is 4. The summed E-state index contributed by atoms with van der Waals surface area (Å²) in [4.78, 5) is 50.8. The zero-order chi connectivity index (χ0) is 76.8. The Balaban J connectivity index is 0.000000180. The summed E-state index contributed by atoms with van der Waals surface area (Å²) in [7, 11) is -1.74. The van der Waals surface area contributed by atoms with Gasteiger partial charge in [-0.1, -0.05) is 113 Å². The number of alkyl halides is 9. The van der Waals surface area contributed by atoms with Gasteiger partial charge in [-0.25, -0.2) is 4.39 Å². The zero-order valence-corrected chi connectivity index (χ0v) is 58.9. The molecule has 107 heavy (non-hydrogen) atoms. The maximum Gasteiger partial charge on any atom is 0.416 e. The fourth-order valence-electron chi connectivity index (χ4n) is 11.5. The molecule has 10 aromatic rings. The molecule has 0 aliphatic carbocycles. The van der Waals surface area contributed by atoms with Gasteiger partial charge in [-0.05, 0) is 188 Å². The largest absolute Gasteiger partial charge is 0.489 e. The normalized spacial score (nSPS) is 12.1. The third-order valence-corrected chi connectivity index (χ3v) is 17.3. The van der Waals surface area contributed by atoms with E-state index < -0.39 is 43.3 Å². The molecule has 23 heteroatoms. The van der Waals surface area contributed by atoms with E-state index in [-0.39, 0.29) is 68.9 Å². The van der Waals surface area contributed by atoms with Gasteiger partial charge in [0.05, 0.1) is 39.1 Å². The molecule has 0 N–H and O–H groups in total. The van der Waals surface area contributed by atoms with E-state index in [0.29, 0.717) is 87.6 Å². The minimum atomic E-state index is -4.48. The fourth-order valence-corrected chi connectivity index (χ4v) is 12.1. The number of hydrogen-bond acceptors (Lipinski definition) is 8. The van der Waals surface area contributed by atoms with Crippen molar-refractivity contribution in [3.05, 3.63) is 299 Å². The quantitative estimate of drug-likeness (QED) is 0.0406. The number of allylic oxidation sites excluding steroid dienone is 2. The molecule has 0 spiro atoms. The Hall–Kier alpha value is -12.1. The molecule has 8 aromatic carbocycles. The van der Waals surface area contributed by atoms with Gasteiger partial charge in [0.2, 0.25) is 11.8 Å². The summed E-state index contributed by atoms with van der Waals surface area (Å²) in [6.45, 7) is 22.9. The molecule has 12 nitrogen and oxygen atoms in total. The Morgan fingerprint density at radius 3 is 1.28 bits per heavy atom. The molecule has 0 bridgehead atoms. The molecular formula is C84H74F10N4O8Si. The summed E-state index contributed by atoms with van der Waals surface area (Å²) in [6, 6.07) is 42.2. The van der Waals surface area contributed by atoms with Crippen molar-refractivity contribution >= 4 is 64.9 Å². The highest BCUT2D eigenvalue weighted by atomic mass is 28.3. The Labute approximate surface area is 614 Å². The first kappa shape index (κ1) is 80.6. The molecular weight excluding hydrogens is 1410 g/mol. The van der Waals surface area contributed by atoms with Crippen molar-refractivity contribution in [1.82, 2.24) is 9.13 Å². The van der Waals surface area contributed by atoms with Crippen LogP contribution in [-0.4, -0.2) is 53.9 Å². The first-order chi connectivity index (χ1) is 50.3. The second-order valence-electron chi connectivity index (χ2n) is 25.2. The lowest BCUT2D eigenvalue weighted by atomic mass is 10.1. The van der Waals surface area contributed by atoms with Gasteiger partial charge in [0, 0.05) is 58.5 Å². The smallest absolute Gasteiger partial charge is 0.416 e. The molecule has 0 fully saturated rings. The van der Waals surface area contributed by atoms with Crippen LogP contribution in [-0.2, 0) is 67.4 Å². The van der Waals surface area contributed by atoms with Crippen molar-refractivity contribution in [3.63, 3.8) is 0 Å². The second-order valence-corrected chi connectivity index (χ2v) is 29.9. The Bertz CT molecular complexity index is 5120. The Morgan fingerprint density at radius 1 is 0.477 bits per heavy atom. The van der Waals surface area contributed by atoms with Crippen LogP contribution in [0.3, 0.4) is 0 Å². The van der Waals surface area contributed by atoms with Crippen LogP contribution in [0.2, 0.25) is 19.6 Å². The minimum absolute atomic E-state index is 0. The highest BCUT2D eigenvalue weighted by Crippen LogP contribution is 2.40. The molecule has 0 saturated carbocycles. The predicted octanol–water partition coefficient (Wildman–Crippen LogP) is 20.1. The lowest BCUT2D eigenvalue weighted by molar-refractivity contribution is -0.138. The van der Waals surface area contributed by atoms with Crippen molar-refractivity contribution in [2.75, 3.05) is 22.9 Å². The second kappa shape index (κ2) is 34.7. The van der Waals surface area contributed by atoms with Crippen molar-refractivity contribution in [2.45, 2.75) is 91.8 Å². The van der Waals surface area contributed by atoms with Crippen molar-refractivity contribution < 1.29 is 82.0 Å². The maximum absolute atomic E-state index is 13.4. The van der Waals surface area contributed by atoms with E-state index >= 15 is 0 Å². The van der Waals surface area contributed by atoms with Crippen LogP contribution >= 0.6 is 0 Å². The summed E-state index contributed by atoms with van der Waals surface area (Å²) in [5.74, 6) is 6.22. The number of aromatic nitrogens is 2. The van der Waals surface area contributed by atoms with E-state index in [1.54, 1.807) is 108 Å². The molecule has 0 radical (unpaired) electrons. The monoisotopic (exact) mass is 1480 g/mol. The number of benzene rings is 8. The van der Waals surface area contributed by atoms with E-state index in [2.05, 4.69) is 43.7 Å². The molecule has 2 aliphatic rings. The highest BCUT2D eigenvalue weighted by molar-refractivity contribution is 6.83.